The van der Waals surface area contributed by atoms with Gasteiger partial charge >= 0.3 is 0 Å². The van der Waals surface area contributed by atoms with Crippen LogP contribution in [0.15, 0.2) is 34.7 Å². The van der Waals surface area contributed by atoms with Gasteiger partial charge in [-0.3, -0.25) is 9.69 Å². The van der Waals surface area contributed by atoms with Crippen molar-refractivity contribution in [3.8, 4) is 5.75 Å². The first-order valence-electron chi connectivity index (χ1n) is 7.16. The number of benzene rings is 1. The Morgan fingerprint density at radius 2 is 2.05 bits per heavy atom. The lowest BCUT2D eigenvalue weighted by atomic mass is 10.2. The molecule has 0 aliphatic heterocycles. The van der Waals surface area contributed by atoms with E-state index in [9.17, 15) is 4.79 Å². The first kappa shape index (κ1) is 16.1. The number of carbonyl (C=O) groups is 1. The molecule has 0 atom stereocenters. The van der Waals surface area contributed by atoms with Gasteiger partial charge in [0.25, 0.3) is 0 Å². The quantitative estimate of drug-likeness (QED) is 0.891. The zero-order valence-corrected chi connectivity index (χ0v) is 13.5. The third-order valence-corrected chi connectivity index (χ3v) is 3.26. The summed E-state index contributed by atoms with van der Waals surface area (Å²) in [5.74, 6) is 2.29. The van der Waals surface area contributed by atoms with Gasteiger partial charge in [-0.15, -0.1) is 0 Å². The molecule has 22 heavy (non-hydrogen) atoms. The highest BCUT2D eigenvalue weighted by Crippen LogP contribution is 2.25. The van der Waals surface area contributed by atoms with Crippen molar-refractivity contribution < 1.29 is 13.9 Å². The van der Waals surface area contributed by atoms with E-state index >= 15 is 0 Å². The first-order chi connectivity index (χ1) is 10.5. The molecule has 5 heteroatoms. The molecule has 0 radical (unpaired) electrons. The molecule has 1 heterocycles. The average Bonchev–Trinajstić information content (AvgIpc) is 2.83. The minimum atomic E-state index is -0.0883. The Morgan fingerprint density at radius 3 is 2.68 bits per heavy atom. The van der Waals surface area contributed by atoms with Crippen LogP contribution in [0.5, 0.6) is 5.75 Å². The van der Waals surface area contributed by atoms with Crippen molar-refractivity contribution in [2.24, 2.45) is 0 Å². The van der Waals surface area contributed by atoms with Crippen LogP contribution < -0.4 is 10.1 Å². The van der Waals surface area contributed by atoms with Crippen LogP contribution in [0.4, 0.5) is 5.69 Å². The average molecular weight is 302 g/mol. The standard InChI is InChI=1S/C17H22N2O3/c1-12-5-8-16(21-4)15(9-12)18-17(20)11-19(3)10-14-7-6-13(2)22-14/h5-9H,10-11H2,1-4H3,(H,18,20). The van der Waals surface area contributed by atoms with E-state index in [-0.39, 0.29) is 12.5 Å². The highest BCUT2D eigenvalue weighted by atomic mass is 16.5. The summed E-state index contributed by atoms with van der Waals surface area (Å²) in [7, 11) is 3.47. The molecule has 2 rings (SSSR count). The number of hydrogen-bond acceptors (Lipinski definition) is 4. The predicted molar refractivity (Wildman–Crippen MR) is 86.1 cm³/mol. The second-order valence-electron chi connectivity index (χ2n) is 5.44. The maximum Gasteiger partial charge on any atom is 0.238 e. The number of methoxy groups -OCH3 is 1. The highest BCUT2D eigenvalue weighted by Gasteiger charge is 2.11. The van der Waals surface area contributed by atoms with Gasteiger partial charge in [-0.05, 0) is 50.7 Å². The van der Waals surface area contributed by atoms with Crippen LogP contribution in [0.1, 0.15) is 17.1 Å². The van der Waals surface area contributed by atoms with Gasteiger partial charge in [0.05, 0.1) is 25.9 Å². The maximum absolute atomic E-state index is 12.2. The fraction of sp³-hybridized carbons (Fsp3) is 0.353. The summed E-state index contributed by atoms with van der Waals surface area (Å²) in [5, 5.41) is 2.89. The summed E-state index contributed by atoms with van der Waals surface area (Å²) in [6.07, 6.45) is 0. The summed E-state index contributed by atoms with van der Waals surface area (Å²) >= 11 is 0. The van der Waals surface area contributed by atoms with Crippen LogP contribution in [0.3, 0.4) is 0 Å². The minimum Gasteiger partial charge on any atom is -0.495 e. The van der Waals surface area contributed by atoms with Gasteiger partial charge in [-0.1, -0.05) is 6.07 Å². The van der Waals surface area contributed by atoms with Crippen LogP contribution >= 0.6 is 0 Å². The van der Waals surface area contributed by atoms with E-state index in [1.54, 1.807) is 7.11 Å². The Balaban J connectivity index is 1.93. The number of hydrogen-bond donors (Lipinski definition) is 1. The number of anilines is 1. The largest absolute Gasteiger partial charge is 0.495 e. The van der Waals surface area contributed by atoms with Crippen LogP contribution in [-0.4, -0.2) is 31.5 Å². The molecule has 5 nitrogen and oxygen atoms in total. The number of amides is 1. The third kappa shape index (κ3) is 4.36. The number of ether oxygens (including phenoxy) is 1. The van der Waals surface area contributed by atoms with E-state index in [0.717, 1.165) is 17.1 Å². The van der Waals surface area contributed by atoms with Gasteiger partial charge < -0.3 is 14.5 Å². The zero-order valence-electron chi connectivity index (χ0n) is 13.5. The lowest BCUT2D eigenvalue weighted by Crippen LogP contribution is -2.29. The number of nitrogens with one attached hydrogen (secondary N) is 1. The molecule has 1 N–H and O–H groups in total. The molecular weight excluding hydrogens is 280 g/mol. The van der Waals surface area contributed by atoms with Crippen molar-refractivity contribution in [2.75, 3.05) is 26.0 Å². The molecule has 0 spiro atoms. The monoisotopic (exact) mass is 302 g/mol. The fourth-order valence-corrected chi connectivity index (χ4v) is 2.25. The van der Waals surface area contributed by atoms with Gasteiger partial charge in [-0.2, -0.15) is 0 Å². The summed E-state index contributed by atoms with van der Waals surface area (Å²) in [6.45, 7) is 4.74. The minimum absolute atomic E-state index is 0.0883. The van der Waals surface area contributed by atoms with Gasteiger partial charge in [0.2, 0.25) is 5.91 Å². The number of furan rings is 1. The number of nitrogens with zero attached hydrogens (tertiary/aromatic N) is 1. The van der Waals surface area contributed by atoms with E-state index in [4.69, 9.17) is 9.15 Å². The molecule has 2 aromatic rings. The smallest absolute Gasteiger partial charge is 0.238 e. The van der Waals surface area contributed by atoms with Crippen LogP contribution in [-0.2, 0) is 11.3 Å². The van der Waals surface area contributed by atoms with Crippen LogP contribution in [0.25, 0.3) is 0 Å². The van der Waals surface area contributed by atoms with Crippen molar-refractivity contribution in [3.63, 3.8) is 0 Å². The molecule has 1 aromatic carbocycles. The molecule has 0 saturated carbocycles. The Hall–Kier alpha value is -2.27. The molecule has 0 bridgehead atoms. The molecule has 0 aliphatic carbocycles. The lowest BCUT2D eigenvalue weighted by Gasteiger charge is -2.16. The van der Waals surface area contributed by atoms with Gasteiger partial charge in [-0.25, -0.2) is 0 Å². The van der Waals surface area contributed by atoms with E-state index in [0.29, 0.717) is 18.0 Å². The first-order valence-corrected chi connectivity index (χ1v) is 7.16. The van der Waals surface area contributed by atoms with Crippen molar-refractivity contribution in [3.05, 3.63) is 47.4 Å². The fourth-order valence-electron chi connectivity index (χ4n) is 2.25. The number of carbonyl (C=O) groups excluding carboxylic acids is 1. The van der Waals surface area contributed by atoms with Gasteiger partial charge in [0, 0.05) is 0 Å². The van der Waals surface area contributed by atoms with Crippen LogP contribution in [0, 0.1) is 13.8 Å². The Kier molecular flexibility index (Phi) is 5.22. The predicted octanol–water partition coefficient (Wildman–Crippen LogP) is 2.98. The third-order valence-electron chi connectivity index (χ3n) is 3.26. The van der Waals surface area contributed by atoms with Gasteiger partial charge in [0.15, 0.2) is 0 Å². The zero-order chi connectivity index (χ0) is 16.1. The normalized spacial score (nSPS) is 10.8. The summed E-state index contributed by atoms with van der Waals surface area (Å²) in [4.78, 5) is 14.1. The Morgan fingerprint density at radius 1 is 1.27 bits per heavy atom. The van der Waals surface area contributed by atoms with Crippen molar-refractivity contribution in [2.45, 2.75) is 20.4 Å². The molecule has 0 saturated heterocycles. The highest BCUT2D eigenvalue weighted by molar-refractivity contribution is 5.93. The molecule has 0 fully saturated rings. The summed E-state index contributed by atoms with van der Waals surface area (Å²) in [6, 6.07) is 9.53. The number of aryl methyl sites for hydroxylation is 2. The van der Waals surface area contributed by atoms with Crippen LogP contribution in [0.2, 0.25) is 0 Å². The van der Waals surface area contributed by atoms with Crippen molar-refractivity contribution in [1.82, 2.24) is 4.90 Å². The maximum atomic E-state index is 12.2. The molecule has 1 aromatic heterocycles. The van der Waals surface area contributed by atoms with Gasteiger partial charge in [0.1, 0.15) is 17.3 Å². The SMILES string of the molecule is COc1ccc(C)cc1NC(=O)CN(C)Cc1ccc(C)o1. The van der Waals surface area contributed by atoms with E-state index in [1.807, 2.05) is 56.1 Å². The van der Waals surface area contributed by atoms with E-state index in [1.165, 1.54) is 0 Å². The number of rotatable bonds is 6. The van der Waals surface area contributed by atoms with Crippen molar-refractivity contribution in [1.29, 1.82) is 0 Å². The second-order valence-corrected chi connectivity index (χ2v) is 5.44. The number of likely N-dealkylation sites (N-methyl/N-ethyl adjacent to an activating group) is 1. The summed E-state index contributed by atoms with van der Waals surface area (Å²) in [5.41, 5.74) is 1.75. The van der Waals surface area contributed by atoms with E-state index < -0.39 is 0 Å². The molecule has 0 unspecified atom stereocenters. The molecule has 118 valence electrons. The Labute approximate surface area is 130 Å². The molecular formula is C17H22N2O3. The molecule has 1 amide bonds. The molecule has 0 aliphatic rings. The van der Waals surface area contributed by atoms with Crippen molar-refractivity contribution >= 4 is 11.6 Å². The Bertz CT molecular complexity index is 649. The van der Waals surface area contributed by atoms with E-state index in [2.05, 4.69) is 5.32 Å². The summed E-state index contributed by atoms with van der Waals surface area (Å²) < 4.78 is 10.8. The second kappa shape index (κ2) is 7.13. The lowest BCUT2D eigenvalue weighted by molar-refractivity contribution is -0.117. The topological polar surface area (TPSA) is 54.7 Å².